The Balaban J connectivity index is 1.80. The van der Waals surface area contributed by atoms with Crippen LogP contribution in [-0.2, 0) is 0 Å². The van der Waals surface area contributed by atoms with Crippen molar-refractivity contribution in [3.63, 3.8) is 0 Å². The largest absolute Gasteiger partial charge is 0.468 e. The molecule has 0 spiro atoms. The summed E-state index contributed by atoms with van der Waals surface area (Å²) in [5.41, 5.74) is 0. The average molecular weight is 249 g/mol. The van der Waals surface area contributed by atoms with Gasteiger partial charge in [-0.3, -0.25) is 0 Å². The maximum atomic E-state index is 5.53. The number of hydrogen-bond donors (Lipinski definition) is 1. The fourth-order valence-electron chi connectivity index (χ4n) is 3.20. The SMILES string of the molecule is CCCC1CCC(NC(CC)c2ccco2)CC1. The maximum absolute atomic E-state index is 5.53. The molecule has 2 heteroatoms. The molecule has 1 aromatic heterocycles. The van der Waals surface area contributed by atoms with Crippen molar-refractivity contribution in [3.8, 4) is 0 Å². The Morgan fingerprint density at radius 2 is 2.06 bits per heavy atom. The van der Waals surface area contributed by atoms with Gasteiger partial charge in [-0.05, 0) is 50.2 Å². The Labute approximate surface area is 111 Å². The highest BCUT2D eigenvalue weighted by molar-refractivity contribution is 5.04. The van der Waals surface area contributed by atoms with Crippen LogP contribution in [0.5, 0.6) is 0 Å². The summed E-state index contributed by atoms with van der Waals surface area (Å²) in [6.07, 6.45) is 11.1. The fraction of sp³-hybridized carbons (Fsp3) is 0.750. The smallest absolute Gasteiger partial charge is 0.120 e. The van der Waals surface area contributed by atoms with E-state index in [1.165, 1.54) is 38.5 Å². The normalized spacial score (nSPS) is 26.1. The van der Waals surface area contributed by atoms with Gasteiger partial charge in [0.05, 0.1) is 12.3 Å². The zero-order valence-corrected chi connectivity index (χ0v) is 11.8. The van der Waals surface area contributed by atoms with Crippen LogP contribution in [0.3, 0.4) is 0 Å². The van der Waals surface area contributed by atoms with Gasteiger partial charge < -0.3 is 9.73 Å². The van der Waals surface area contributed by atoms with Gasteiger partial charge in [0.2, 0.25) is 0 Å². The third kappa shape index (κ3) is 3.61. The standard InChI is InChI=1S/C16H27NO/c1-3-6-13-8-10-14(11-9-13)17-15(4-2)16-7-5-12-18-16/h5,7,12-15,17H,3-4,6,8-11H2,1-2H3. The Morgan fingerprint density at radius 1 is 1.28 bits per heavy atom. The van der Waals surface area contributed by atoms with E-state index < -0.39 is 0 Å². The molecule has 0 saturated heterocycles. The summed E-state index contributed by atoms with van der Waals surface area (Å²) in [6.45, 7) is 4.53. The van der Waals surface area contributed by atoms with Crippen LogP contribution in [0, 0.1) is 5.92 Å². The lowest BCUT2D eigenvalue weighted by atomic mass is 9.83. The summed E-state index contributed by atoms with van der Waals surface area (Å²) in [6, 6.07) is 5.16. The average Bonchev–Trinajstić information content (AvgIpc) is 2.92. The van der Waals surface area contributed by atoms with Crippen LogP contribution >= 0.6 is 0 Å². The number of nitrogens with one attached hydrogen (secondary N) is 1. The van der Waals surface area contributed by atoms with Crippen LogP contribution in [-0.4, -0.2) is 6.04 Å². The second-order valence-electron chi connectivity index (χ2n) is 5.65. The van der Waals surface area contributed by atoms with E-state index in [9.17, 15) is 0 Å². The molecule has 2 rings (SSSR count). The van der Waals surface area contributed by atoms with Gasteiger partial charge in [0.25, 0.3) is 0 Å². The summed E-state index contributed by atoms with van der Waals surface area (Å²) >= 11 is 0. The lowest BCUT2D eigenvalue weighted by molar-refractivity contribution is 0.252. The van der Waals surface area contributed by atoms with Crippen molar-refractivity contribution in [2.45, 2.75) is 70.9 Å². The summed E-state index contributed by atoms with van der Waals surface area (Å²) in [5, 5.41) is 3.78. The second-order valence-corrected chi connectivity index (χ2v) is 5.65. The Kier molecular flexibility index (Phi) is 5.30. The minimum absolute atomic E-state index is 0.396. The molecule has 1 heterocycles. The van der Waals surface area contributed by atoms with E-state index in [-0.39, 0.29) is 0 Å². The van der Waals surface area contributed by atoms with Crippen molar-refractivity contribution < 1.29 is 4.42 Å². The van der Waals surface area contributed by atoms with E-state index in [2.05, 4.69) is 25.2 Å². The van der Waals surface area contributed by atoms with Gasteiger partial charge in [-0.1, -0.05) is 26.7 Å². The molecule has 102 valence electrons. The zero-order chi connectivity index (χ0) is 12.8. The lowest BCUT2D eigenvalue weighted by Crippen LogP contribution is -2.35. The van der Waals surface area contributed by atoms with Crippen LogP contribution in [0.25, 0.3) is 0 Å². The predicted molar refractivity (Wildman–Crippen MR) is 75.5 cm³/mol. The quantitative estimate of drug-likeness (QED) is 0.792. The van der Waals surface area contributed by atoms with Gasteiger partial charge in [0.15, 0.2) is 0 Å². The van der Waals surface area contributed by atoms with E-state index in [1.807, 2.05) is 6.07 Å². The molecular formula is C16H27NO. The molecule has 1 aliphatic carbocycles. The summed E-state index contributed by atoms with van der Waals surface area (Å²) < 4.78 is 5.53. The van der Waals surface area contributed by atoms with Crippen molar-refractivity contribution in [2.75, 3.05) is 0 Å². The summed E-state index contributed by atoms with van der Waals surface area (Å²) in [5.74, 6) is 2.07. The molecule has 0 radical (unpaired) electrons. The summed E-state index contributed by atoms with van der Waals surface area (Å²) in [4.78, 5) is 0. The predicted octanol–water partition coefficient (Wildman–Crippen LogP) is 4.68. The number of furan rings is 1. The van der Waals surface area contributed by atoms with E-state index in [1.54, 1.807) is 6.26 Å². The zero-order valence-electron chi connectivity index (χ0n) is 11.8. The van der Waals surface area contributed by atoms with E-state index in [0.717, 1.165) is 18.1 Å². The molecule has 18 heavy (non-hydrogen) atoms. The van der Waals surface area contributed by atoms with Gasteiger partial charge in [0.1, 0.15) is 5.76 Å². The van der Waals surface area contributed by atoms with Gasteiger partial charge in [0, 0.05) is 6.04 Å². The molecule has 0 bridgehead atoms. The first-order valence-electron chi connectivity index (χ1n) is 7.62. The van der Waals surface area contributed by atoms with Crippen molar-refractivity contribution >= 4 is 0 Å². The number of rotatable bonds is 6. The highest BCUT2D eigenvalue weighted by Crippen LogP contribution is 2.29. The molecule has 1 fully saturated rings. The molecule has 0 aliphatic heterocycles. The molecule has 0 aromatic carbocycles. The van der Waals surface area contributed by atoms with Crippen molar-refractivity contribution in [2.24, 2.45) is 5.92 Å². The molecule has 1 unspecified atom stereocenters. The van der Waals surface area contributed by atoms with Crippen LogP contribution in [0.4, 0.5) is 0 Å². The third-order valence-electron chi connectivity index (χ3n) is 4.28. The van der Waals surface area contributed by atoms with Gasteiger partial charge >= 0.3 is 0 Å². The van der Waals surface area contributed by atoms with Crippen LogP contribution < -0.4 is 5.32 Å². The molecule has 0 amide bonds. The first-order chi connectivity index (χ1) is 8.83. The first-order valence-corrected chi connectivity index (χ1v) is 7.62. The monoisotopic (exact) mass is 249 g/mol. The topological polar surface area (TPSA) is 25.2 Å². The van der Waals surface area contributed by atoms with Gasteiger partial charge in [-0.15, -0.1) is 0 Å². The molecular weight excluding hydrogens is 222 g/mol. The molecule has 1 N–H and O–H groups in total. The Bertz CT molecular complexity index is 312. The number of hydrogen-bond acceptors (Lipinski definition) is 2. The van der Waals surface area contributed by atoms with Crippen LogP contribution in [0.15, 0.2) is 22.8 Å². The molecule has 2 nitrogen and oxygen atoms in total. The van der Waals surface area contributed by atoms with E-state index in [0.29, 0.717) is 12.1 Å². The molecule has 1 aliphatic rings. The van der Waals surface area contributed by atoms with E-state index in [4.69, 9.17) is 4.42 Å². The molecule has 1 saturated carbocycles. The second kappa shape index (κ2) is 6.98. The minimum atomic E-state index is 0.396. The lowest BCUT2D eigenvalue weighted by Gasteiger charge is -2.31. The van der Waals surface area contributed by atoms with E-state index >= 15 is 0 Å². The Hall–Kier alpha value is -0.760. The molecule has 1 aromatic rings. The minimum Gasteiger partial charge on any atom is -0.468 e. The maximum Gasteiger partial charge on any atom is 0.120 e. The van der Waals surface area contributed by atoms with Crippen molar-refractivity contribution in [1.82, 2.24) is 5.32 Å². The highest BCUT2D eigenvalue weighted by atomic mass is 16.3. The van der Waals surface area contributed by atoms with Gasteiger partial charge in [-0.2, -0.15) is 0 Å². The van der Waals surface area contributed by atoms with Crippen molar-refractivity contribution in [1.29, 1.82) is 0 Å². The molecule has 1 atom stereocenters. The first kappa shape index (κ1) is 13.7. The third-order valence-corrected chi connectivity index (χ3v) is 4.28. The van der Waals surface area contributed by atoms with Crippen LogP contribution in [0.2, 0.25) is 0 Å². The van der Waals surface area contributed by atoms with Gasteiger partial charge in [-0.25, -0.2) is 0 Å². The highest BCUT2D eigenvalue weighted by Gasteiger charge is 2.23. The van der Waals surface area contributed by atoms with Crippen LogP contribution in [0.1, 0.15) is 70.6 Å². The van der Waals surface area contributed by atoms with Crippen molar-refractivity contribution in [3.05, 3.63) is 24.2 Å². The fourth-order valence-corrected chi connectivity index (χ4v) is 3.20. The summed E-state index contributed by atoms with van der Waals surface area (Å²) in [7, 11) is 0. The Morgan fingerprint density at radius 3 is 2.61 bits per heavy atom.